The Bertz CT molecular complexity index is 468. The van der Waals surface area contributed by atoms with Crippen molar-refractivity contribution in [3.8, 4) is 5.75 Å². The Morgan fingerprint density at radius 2 is 1.89 bits per heavy atom. The smallest absolute Gasteiger partial charge is 0.147 e. The Hall–Kier alpha value is -1.07. The second-order valence-corrected chi connectivity index (χ2v) is 7.06. The molecule has 0 spiro atoms. The molecular weight excluding hydrogens is 262 g/mol. The summed E-state index contributed by atoms with van der Waals surface area (Å²) in [6, 6.07) is 7.30. The molecule has 1 unspecified atom stereocenters. The van der Waals surface area contributed by atoms with Crippen molar-refractivity contribution >= 4 is 9.84 Å². The van der Waals surface area contributed by atoms with Gasteiger partial charge in [-0.3, -0.25) is 0 Å². The molecule has 108 valence electrons. The van der Waals surface area contributed by atoms with Gasteiger partial charge in [-0.05, 0) is 30.5 Å². The van der Waals surface area contributed by atoms with E-state index in [2.05, 4.69) is 6.92 Å². The number of rotatable bonds is 8. The number of benzene rings is 1. The molecule has 0 radical (unpaired) electrons. The number of hydrogen-bond acceptors (Lipinski definition) is 4. The number of nitrogens with two attached hydrogens (primary N) is 1. The summed E-state index contributed by atoms with van der Waals surface area (Å²) in [5.41, 5.74) is 6.91. The number of hydrogen-bond donors (Lipinski definition) is 1. The van der Waals surface area contributed by atoms with Crippen molar-refractivity contribution < 1.29 is 13.2 Å². The quantitative estimate of drug-likeness (QED) is 0.744. The molecule has 0 saturated carbocycles. The summed E-state index contributed by atoms with van der Waals surface area (Å²) in [4.78, 5) is 0. The Morgan fingerprint density at radius 1 is 1.26 bits per heavy atom. The van der Waals surface area contributed by atoms with Crippen molar-refractivity contribution in [2.45, 2.75) is 32.2 Å². The summed E-state index contributed by atoms with van der Waals surface area (Å²) >= 11 is 0. The highest BCUT2D eigenvalue weighted by Crippen LogP contribution is 2.19. The highest BCUT2D eigenvalue weighted by Gasteiger charge is 2.10. The molecule has 2 N–H and O–H groups in total. The van der Waals surface area contributed by atoms with Gasteiger partial charge in [-0.25, -0.2) is 8.42 Å². The van der Waals surface area contributed by atoms with Crippen LogP contribution in [0.25, 0.3) is 0 Å². The SMILES string of the molecule is CCCCOc1ccc(C(N)CCS(C)(=O)=O)cc1. The van der Waals surface area contributed by atoms with Crippen molar-refractivity contribution in [2.24, 2.45) is 5.73 Å². The van der Waals surface area contributed by atoms with Gasteiger partial charge in [-0.15, -0.1) is 0 Å². The number of ether oxygens (including phenoxy) is 1. The lowest BCUT2D eigenvalue weighted by Gasteiger charge is -2.12. The van der Waals surface area contributed by atoms with E-state index in [4.69, 9.17) is 10.5 Å². The standard InChI is InChI=1S/C14H23NO3S/c1-3-4-10-18-13-7-5-12(6-8-13)14(15)9-11-19(2,16)17/h5-8,14H,3-4,9-11,15H2,1-2H3. The third kappa shape index (κ3) is 6.59. The van der Waals surface area contributed by atoms with E-state index in [9.17, 15) is 8.42 Å². The summed E-state index contributed by atoms with van der Waals surface area (Å²) in [6.07, 6.45) is 3.81. The van der Waals surface area contributed by atoms with Crippen LogP contribution in [0.2, 0.25) is 0 Å². The molecule has 1 rings (SSSR count). The van der Waals surface area contributed by atoms with Gasteiger partial charge in [0.05, 0.1) is 12.4 Å². The molecule has 0 aliphatic heterocycles. The van der Waals surface area contributed by atoms with Crippen LogP contribution in [0.4, 0.5) is 0 Å². The largest absolute Gasteiger partial charge is 0.494 e. The second-order valence-electron chi connectivity index (χ2n) is 4.80. The Morgan fingerprint density at radius 3 is 2.42 bits per heavy atom. The first-order valence-corrected chi connectivity index (χ1v) is 8.64. The molecule has 0 fully saturated rings. The van der Waals surface area contributed by atoms with Crippen molar-refractivity contribution in [2.75, 3.05) is 18.6 Å². The minimum Gasteiger partial charge on any atom is -0.494 e. The molecule has 19 heavy (non-hydrogen) atoms. The van der Waals surface area contributed by atoms with Crippen LogP contribution in [0.3, 0.4) is 0 Å². The van der Waals surface area contributed by atoms with Crippen molar-refractivity contribution in [1.29, 1.82) is 0 Å². The summed E-state index contributed by atoms with van der Waals surface area (Å²) in [7, 11) is -2.95. The van der Waals surface area contributed by atoms with Crippen molar-refractivity contribution in [3.05, 3.63) is 29.8 Å². The average molecular weight is 285 g/mol. The van der Waals surface area contributed by atoms with Gasteiger partial charge in [0.15, 0.2) is 0 Å². The summed E-state index contributed by atoms with van der Waals surface area (Å²) < 4.78 is 27.7. The van der Waals surface area contributed by atoms with Gasteiger partial charge >= 0.3 is 0 Å². The zero-order valence-corrected chi connectivity index (χ0v) is 12.4. The average Bonchev–Trinajstić information content (AvgIpc) is 2.36. The van der Waals surface area contributed by atoms with E-state index in [1.807, 2.05) is 24.3 Å². The first kappa shape index (κ1) is 16.0. The van der Waals surface area contributed by atoms with E-state index >= 15 is 0 Å². The van der Waals surface area contributed by atoms with E-state index in [1.54, 1.807) is 0 Å². The predicted octanol–water partition coefficient (Wildman–Crippen LogP) is 2.30. The molecule has 0 aliphatic rings. The van der Waals surface area contributed by atoms with E-state index in [-0.39, 0.29) is 11.8 Å². The molecule has 1 atom stereocenters. The maximum atomic E-state index is 11.1. The van der Waals surface area contributed by atoms with E-state index in [0.717, 1.165) is 30.8 Å². The van der Waals surface area contributed by atoms with Crippen LogP contribution in [0, 0.1) is 0 Å². The summed E-state index contributed by atoms with van der Waals surface area (Å²) in [5.74, 6) is 0.940. The van der Waals surface area contributed by atoms with Crippen LogP contribution >= 0.6 is 0 Å². The third-order valence-corrected chi connectivity index (χ3v) is 3.85. The van der Waals surface area contributed by atoms with Gasteiger partial charge in [0.1, 0.15) is 15.6 Å². The van der Waals surface area contributed by atoms with Crippen LogP contribution in [0.5, 0.6) is 5.75 Å². The zero-order valence-electron chi connectivity index (χ0n) is 11.6. The summed E-state index contributed by atoms with van der Waals surface area (Å²) in [6.45, 7) is 2.84. The maximum Gasteiger partial charge on any atom is 0.147 e. The van der Waals surface area contributed by atoms with Crippen LogP contribution in [-0.2, 0) is 9.84 Å². The second kappa shape index (κ2) is 7.50. The fourth-order valence-corrected chi connectivity index (χ4v) is 2.34. The molecule has 0 aromatic heterocycles. The first-order chi connectivity index (χ1) is 8.92. The van der Waals surface area contributed by atoms with Crippen LogP contribution in [0.15, 0.2) is 24.3 Å². The molecule has 0 saturated heterocycles. The van der Waals surface area contributed by atoms with Gasteiger partial charge in [-0.1, -0.05) is 25.5 Å². The summed E-state index contributed by atoms with van der Waals surface area (Å²) in [5, 5.41) is 0. The lowest BCUT2D eigenvalue weighted by atomic mass is 10.1. The Kier molecular flexibility index (Phi) is 6.31. The molecule has 0 aliphatic carbocycles. The van der Waals surface area contributed by atoms with E-state index < -0.39 is 9.84 Å². The van der Waals surface area contributed by atoms with Crippen molar-refractivity contribution in [1.82, 2.24) is 0 Å². The zero-order chi connectivity index (χ0) is 14.3. The molecule has 5 heteroatoms. The van der Waals surface area contributed by atoms with Gasteiger partial charge in [0.25, 0.3) is 0 Å². The van der Waals surface area contributed by atoms with Gasteiger partial charge in [0.2, 0.25) is 0 Å². The molecule has 1 aromatic rings. The fraction of sp³-hybridized carbons (Fsp3) is 0.571. The topological polar surface area (TPSA) is 69.4 Å². The normalized spacial score (nSPS) is 13.2. The first-order valence-electron chi connectivity index (χ1n) is 6.58. The minimum atomic E-state index is -2.95. The number of sulfone groups is 1. The lowest BCUT2D eigenvalue weighted by Crippen LogP contribution is -2.15. The van der Waals surface area contributed by atoms with Crippen LogP contribution < -0.4 is 10.5 Å². The minimum absolute atomic E-state index is 0.114. The molecule has 0 bridgehead atoms. The molecule has 4 nitrogen and oxygen atoms in total. The van der Waals surface area contributed by atoms with E-state index in [0.29, 0.717) is 6.42 Å². The van der Waals surface area contributed by atoms with Crippen LogP contribution in [-0.4, -0.2) is 27.0 Å². The monoisotopic (exact) mass is 285 g/mol. The van der Waals surface area contributed by atoms with Crippen LogP contribution in [0.1, 0.15) is 37.8 Å². The Balaban J connectivity index is 2.50. The predicted molar refractivity (Wildman–Crippen MR) is 78.1 cm³/mol. The fourth-order valence-electron chi connectivity index (χ4n) is 1.65. The number of unbranched alkanes of at least 4 members (excludes halogenated alkanes) is 1. The molecule has 1 aromatic carbocycles. The van der Waals surface area contributed by atoms with E-state index in [1.165, 1.54) is 6.26 Å². The van der Waals surface area contributed by atoms with Crippen molar-refractivity contribution in [3.63, 3.8) is 0 Å². The highest BCUT2D eigenvalue weighted by atomic mass is 32.2. The van der Waals surface area contributed by atoms with Gasteiger partial charge in [0, 0.05) is 12.3 Å². The van der Waals surface area contributed by atoms with Gasteiger partial charge in [-0.2, -0.15) is 0 Å². The van der Waals surface area contributed by atoms with Gasteiger partial charge < -0.3 is 10.5 Å². The maximum absolute atomic E-state index is 11.1. The highest BCUT2D eigenvalue weighted by molar-refractivity contribution is 7.90. The molecular formula is C14H23NO3S. The molecule has 0 heterocycles. The third-order valence-electron chi connectivity index (χ3n) is 2.87. The molecule has 0 amide bonds. The lowest BCUT2D eigenvalue weighted by molar-refractivity contribution is 0.309. The Labute approximate surface area is 115 Å².